The summed E-state index contributed by atoms with van der Waals surface area (Å²) in [6.07, 6.45) is 3.02. The molecule has 0 aliphatic rings. The highest BCUT2D eigenvalue weighted by molar-refractivity contribution is 5.91. The standard InChI is InChI=1S/C22H19NO4/c1-15(24)23-19-8-3-16(4-9-19)5-12-22(25)27-21-11-7-17-6-10-20(26-2)13-18(17)14-21/h3-14H,1-2H3,(H,23,24)/b12-5+. The largest absolute Gasteiger partial charge is 0.497 e. The van der Waals surface area contributed by atoms with E-state index in [1.54, 1.807) is 49.6 Å². The van der Waals surface area contributed by atoms with Crippen molar-refractivity contribution >= 4 is 34.4 Å². The second-order valence-electron chi connectivity index (χ2n) is 5.93. The molecule has 0 atom stereocenters. The number of benzene rings is 3. The van der Waals surface area contributed by atoms with Crippen LogP contribution in [0.4, 0.5) is 5.69 Å². The van der Waals surface area contributed by atoms with Gasteiger partial charge in [-0.1, -0.05) is 24.3 Å². The predicted molar refractivity (Wildman–Crippen MR) is 106 cm³/mol. The maximum Gasteiger partial charge on any atom is 0.336 e. The summed E-state index contributed by atoms with van der Waals surface area (Å²) >= 11 is 0. The number of rotatable bonds is 5. The Morgan fingerprint density at radius 3 is 2.22 bits per heavy atom. The monoisotopic (exact) mass is 361 g/mol. The fourth-order valence-electron chi connectivity index (χ4n) is 2.59. The van der Waals surface area contributed by atoms with Gasteiger partial charge in [-0.3, -0.25) is 4.79 Å². The molecule has 3 rings (SSSR count). The number of hydrogen-bond acceptors (Lipinski definition) is 4. The van der Waals surface area contributed by atoms with Crippen molar-refractivity contribution in [2.45, 2.75) is 6.92 Å². The molecule has 0 heterocycles. The van der Waals surface area contributed by atoms with E-state index in [4.69, 9.17) is 9.47 Å². The van der Waals surface area contributed by atoms with Crippen molar-refractivity contribution in [3.05, 3.63) is 72.3 Å². The first-order valence-electron chi connectivity index (χ1n) is 8.39. The number of carbonyl (C=O) groups is 2. The summed E-state index contributed by atoms with van der Waals surface area (Å²) in [4.78, 5) is 23.1. The Hall–Kier alpha value is -3.60. The molecule has 0 aromatic heterocycles. The van der Waals surface area contributed by atoms with Gasteiger partial charge in [0.1, 0.15) is 11.5 Å². The van der Waals surface area contributed by atoms with Gasteiger partial charge in [-0.2, -0.15) is 0 Å². The number of anilines is 1. The van der Waals surface area contributed by atoms with Gasteiger partial charge in [-0.05, 0) is 58.8 Å². The van der Waals surface area contributed by atoms with Crippen molar-refractivity contribution in [1.29, 1.82) is 0 Å². The Morgan fingerprint density at radius 1 is 0.889 bits per heavy atom. The topological polar surface area (TPSA) is 64.6 Å². The third-order valence-corrected chi connectivity index (χ3v) is 3.88. The summed E-state index contributed by atoms with van der Waals surface area (Å²) in [5.41, 5.74) is 1.53. The summed E-state index contributed by atoms with van der Waals surface area (Å²) in [5.74, 6) is 0.609. The van der Waals surface area contributed by atoms with Crippen LogP contribution in [0, 0.1) is 0 Å². The van der Waals surface area contributed by atoms with Crippen LogP contribution in [0.5, 0.6) is 11.5 Å². The first-order valence-corrected chi connectivity index (χ1v) is 8.39. The highest BCUT2D eigenvalue weighted by Gasteiger charge is 2.04. The summed E-state index contributed by atoms with van der Waals surface area (Å²) in [5, 5.41) is 4.65. The van der Waals surface area contributed by atoms with Gasteiger partial charge in [0.25, 0.3) is 0 Å². The number of methoxy groups -OCH3 is 1. The third-order valence-electron chi connectivity index (χ3n) is 3.88. The van der Waals surface area contributed by atoms with Crippen LogP contribution in [0.1, 0.15) is 12.5 Å². The molecule has 27 heavy (non-hydrogen) atoms. The van der Waals surface area contributed by atoms with E-state index in [9.17, 15) is 9.59 Å². The molecule has 1 N–H and O–H groups in total. The Kier molecular flexibility index (Phi) is 5.52. The van der Waals surface area contributed by atoms with Crippen LogP contribution < -0.4 is 14.8 Å². The molecule has 0 fully saturated rings. The van der Waals surface area contributed by atoms with Crippen molar-refractivity contribution in [3.8, 4) is 11.5 Å². The van der Waals surface area contributed by atoms with Gasteiger partial charge in [0.15, 0.2) is 0 Å². The lowest BCUT2D eigenvalue weighted by atomic mass is 10.1. The Morgan fingerprint density at radius 2 is 1.56 bits per heavy atom. The van der Waals surface area contributed by atoms with Crippen molar-refractivity contribution in [1.82, 2.24) is 0 Å². The van der Waals surface area contributed by atoms with Crippen molar-refractivity contribution in [3.63, 3.8) is 0 Å². The molecule has 0 unspecified atom stereocenters. The van der Waals surface area contributed by atoms with E-state index in [0.717, 1.165) is 22.1 Å². The normalized spacial score (nSPS) is 10.7. The molecule has 3 aromatic carbocycles. The van der Waals surface area contributed by atoms with Gasteiger partial charge in [0.2, 0.25) is 5.91 Å². The van der Waals surface area contributed by atoms with Crippen LogP contribution >= 0.6 is 0 Å². The number of hydrogen-bond donors (Lipinski definition) is 1. The number of carbonyl (C=O) groups excluding carboxylic acids is 2. The second kappa shape index (κ2) is 8.19. The summed E-state index contributed by atoms with van der Waals surface area (Å²) in [6.45, 7) is 1.45. The lowest BCUT2D eigenvalue weighted by Crippen LogP contribution is -2.05. The van der Waals surface area contributed by atoms with Crippen LogP contribution in [0.15, 0.2) is 66.7 Å². The second-order valence-corrected chi connectivity index (χ2v) is 5.93. The predicted octanol–water partition coefficient (Wildman–Crippen LogP) is 4.43. The van der Waals surface area contributed by atoms with Crippen molar-refractivity contribution in [2.75, 3.05) is 12.4 Å². The first kappa shape index (κ1) is 18.2. The van der Waals surface area contributed by atoms with Gasteiger partial charge in [-0.15, -0.1) is 0 Å². The molecule has 5 nitrogen and oxygen atoms in total. The molecule has 0 spiro atoms. The molecule has 0 bridgehead atoms. The molecule has 5 heteroatoms. The highest BCUT2D eigenvalue weighted by Crippen LogP contribution is 2.25. The minimum absolute atomic E-state index is 0.130. The molecule has 136 valence electrons. The van der Waals surface area contributed by atoms with Crippen LogP contribution in [-0.2, 0) is 9.59 Å². The molecule has 0 aliphatic carbocycles. The van der Waals surface area contributed by atoms with E-state index >= 15 is 0 Å². The summed E-state index contributed by atoms with van der Waals surface area (Å²) in [6, 6.07) is 18.3. The van der Waals surface area contributed by atoms with Gasteiger partial charge in [0, 0.05) is 18.7 Å². The molecule has 1 amide bonds. The van der Waals surface area contributed by atoms with Gasteiger partial charge < -0.3 is 14.8 Å². The molecular formula is C22H19NO4. The molecular weight excluding hydrogens is 342 g/mol. The molecule has 0 saturated carbocycles. The average molecular weight is 361 g/mol. The zero-order chi connectivity index (χ0) is 19.2. The van der Waals surface area contributed by atoms with E-state index in [2.05, 4.69) is 5.32 Å². The minimum Gasteiger partial charge on any atom is -0.497 e. The maximum absolute atomic E-state index is 12.1. The highest BCUT2D eigenvalue weighted by atomic mass is 16.5. The SMILES string of the molecule is COc1ccc2ccc(OC(=O)/C=C/c3ccc(NC(C)=O)cc3)cc2c1. The number of esters is 1. The van der Waals surface area contributed by atoms with Crippen molar-refractivity contribution < 1.29 is 19.1 Å². The van der Waals surface area contributed by atoms with Crippen LogP contribution in [0.2, 0.25) is 0 Å². The zero-order valence-electron chi connectivity index (χ0n) is 15.1. The van der Waals surface area contributed by atoms with E-state index in [1.165, 1.54) is 13.0 Å². The van der Waals surface area contributed by atoms with Gasteiger partial charge >= 0.3 is 5.97 Å². The van der Waals surface area contributed by atoms with Crippen LogP contribution in [-0.4, -0.2) is 19.0 Å². The smallest absolute Gasteiger partial charge is 0.336 e. The summed E-state index contributed by atoms with van der Waals surface area (Å²) in [7, 11) is 1.61. The Bertz CT molecular complexity index is 1010. The van der Waals surface area contributed by atoms with Gasteiger partial charge in [-0.25, -0.2) is 4.79 Å². The van der Waals surface area contributed by atoms with E-state index in [0.29, 0.717) is 11.4 Å². The summed E-state index contributed by atoms with van der Waals surface area (Å²) < 4.78 is 10.6. The van der Waals surface area contributed by atoms with E-state index < -0.39 is 5.97 Å². The molecule has 3 aromatic rings. The average Bonchev–Trinajstić information content (AvgIpc) is 2.66. The lowest BCUT2D eigenvalue weighted by molar-refractivity contribution is -0.128. The Labute approximate surface area is 157 Å². The van der Waals surface area contributed by atoms with Gasteiger partial charge in [0.05, 0.1) is 7.11 Å². The van der Waals surface area contributed by atoms with E-state index in [-0.39, 0.29) is 5.91 Å². The van der Waals surface area contributed by atoms with Crippen LogP contribution in [0.25, 0.3) is 16.8 Å². The molecule has 0 aliphatic heterocycles. The molecule has 0 saturated heterocycles. The quantitative estimate of drug-likeness (QED) is 0.415. The first-order chi connectivity index (χ1) is 13.0. The number of fused-ring (bicyclic) bond motifs is 1. The lowest BCUT2D eigenvalue weighted by Gasteiger charge is -2.05. The number of ether oxygens (including phenoxy) is 2. The Balaban J connectivity index is 1.67. The fraction of sp³-hybridized carbons (Fsp3) is 0.0909. The number of amides is 1. The minimum atomic E-state index is -0.469. The third kappa shape index (κ3) is 4.95. The van der Waals surface area contributed by atoms with Crippen LogP contribution in [0.3, 0.4) is 0 Å². The van der Waals surface area contributed by atoms with E-state index in [1.807, 2.05) is 24.3 Å². The molecule has 0 radical (unpaired) electrons. The number of nitrogens with one attached hydrogen (secondary N) is 1. The van der Waals surface area contributed by atoms with Crippen molar-refractivity contribution in [2.24, 2.45) is 0 Å². The zero-order valence-corrected chi connectivity index (χ0v) is 15.1. The maximum atomic E-state index is 12.1. The fourth-order valence-corrected chi connectivity index (χ4v) is 2.59.